The van der Waals surface area contributed by atoms with Gasteiger partial charge in [-0.3, -0.25) is 18.9 Å². The van der Waals surface area contributed by atoms with Crippen LogP contribution in [0.2, 0.25) is 0 Å². The topological polar surface area (TPSA) is 149 Å². The summed E-state index contributed by atoms with van der Waals surface area (Å²) < 4.78 is 34.1. The van der Waals surface area contributed by atoms with Gasteiger partial charge in [0.05, 0.1) is 30.1 Å². The van der Waals surface area contributed by atoms with Gasteiger partial charge in [-0.2, -0.15) is 0 Å². The molecule has 1 aromatic carbocycles. The fourth-order valence-corrected chi connectivity index (χ4v) is 5.01. The van der Waals surface area contributed by atoms with Gasteiger partial charge in [0.25, 0.3) is 5.56 Å². The minimum atomic E-state index is -3.85. The van der Waals surface area contributed by atoms with Gasteiger partial charge in [0.1, 0.15) is 12.2 Å². The van der Waals surface area contributed by atoms with E-state index in [1.54, 1.807) is 35.2 Å². The number of nitrogens with one attached hydrogen (secondary N) is 2. The molecule has 1 aromatic heterocycles. The molecule has 0 bridgehead atoms. The van der Waals surface area contributed by atoms with Crippen molar-refractivity contribution in [3.05, 3.63) is 71.2 Å². The number of nitrogens with two attached hydrogens (primary N) is 1. The van der Waals surface area contributed by atoms with E-state index in [4.69, 9.17) is 10.5 Å². The zero-order valence-corrected chi connectivity index (χ0v) is 19.8. The Labute approximate surface area is 198 Å². The number of likely N-dealkylation sites (tertiary alicyclic amines) is 1. The molecule has 0 spiro atoms. The Morgan fingerprint density at radius 1 is 1.32 bits per heavy atom. The minimum Gasteiger partial charge on any atom is -0.386 e. The number of amides is 1. The lowest BCUT2D eigenvalue weighted by Gasteiger charge is -2.42. The number of carbonyl (C=O) groups excluding carboxylic acids is 1. The first-order valence-electron chi connectivity index (χ1n) is 10.9. The van der Waals surface area contributed by atoms with Crippen molar-refractivity contribution in [1.82, 2.24) is 19.8 Å². The van der Waals surface area contributed by atoms with Gasteiger partial charge in [0.2, 0.25) is 15.9 Å². The molecule has 11 nitrogen and oxygen atoms in total. The number of benzene rings is 1. The minimum absolute atomic E-state index is 0.235. The summed E-state index contributed by atoms with van der Waals surface area (Å²) in [6, 6.07) is 8.23. The van der Waals surface area contributed by atoms with Gasteiger partial charge in [-0.25, -0.2) is 13.4 Å². The number of piperidine rings is 1. The number of sulfonamides is 1. The summed E-state index contributed by atoms with van der Waals surface area (Å²) in [7, 11) is -3.85. The van der Waals surface area contributed by atoms with Crippen molar-refractivity contribution < 1.29 is 17.9 Å². The zero-order valence-electron chi connectivity index (χ0n) is 19.0. The van der Waals surface area contributed by atoms with Gasteiger partial charge in [-0.05, 0) is 25.3 Å². The Hall–Kier alpha value is -3.38. The molecule has 1 aliphatic rings. The highest BCUT2D eigenvalue weighted by molar-refractivity contribution is 7.91. The molecule has 2 heterocycles. The van der Waals surface area contributed by atoms with E-state index in [-0.39, 0.29) is 24.0 Å². The maximum Gasteiger partial charge on any atom is 0.278 e. The van der Waals surface area contributed by atoms with Crippen LogP contribution < -0.4 is 21.3 Å². The van der Waals surface area contributed by atoms with Crippen LogP contribution in [-0.4, -0.2) is 54.2 Å². The standard InChI is InChI=1S/C22H30N6O5S/c1-3-33-22-18(10-7-11-28(22)16(2)23)25-20(29)13-27-15-24-12-19(21(27)30)26-34(31,32)14-17-8-5-4-6-9-17/h4-6,8-9,12,15,18,22,26H,2-3,7,10-11,13-14,23H2,1H3,(H,25,29). The van der Waals surface area contributed by atoms with Crippen molar-refractivity contribution in [2.24, 2.45) is 5.73 Å². The molecule has 4 N–H and O–H groups in total. The first kappa shape index (κ1) is 25.2. The lowest BCUT2D eigenvalue weighted by molar-refractivity contribution is -0.128. The first-order chi connectivity index (χ1) is 16.2. The number of hydrogen-bond donors (Lipinski definition) is 3. The third kappa shape index (κ3) is 6.58. The molecule has 0 aliphatic carbocycles. The number of nitrogens with zero attached hydrogens (tertiary/aromatic N) is 3. The summed E-state index contributed by atoms with van der Waals surface area (Å²) in [5, 5.41) is 2.89. The molecule has 0 radical (unpaired) electrons. The Bertz CT molecular complexity index is 1170. The molecular weight excluding hydrogens is 460 g/mol. The fourth-order valence-electron chi connectivity index (χ4n) is 3.83. The van der Waals surface area contributed by atoms with Gasteiger partial charge in [0, 0.05) is 13.2 Å². The summed E-state index contributed by atoms with van der Waals surface area (Å²) >= 11 is 0. The number of aromatic nitrogens is 2. The van der Waals surface area contributed by atoms with Crippen LogP contribution in [0.4, 0.5) is 5.69 Å². The largest absolute Gasteiger partial charge is 0.386 e. The Kier molecular flexibility index (Phi) is 8.29. The van der Waals surface area contributed by atoms with E-state index in [2.05, 4.69) is 21.6 Å². The molecule has 2 aromatic rings. The number of rotatable bonds is 10. The van der Waals surface area contributed by atoms with Crippen molar-refractivity contribution in [2.45, 2.75) is 44.3 Å². The lowest BCUT2D eigenvalue weighted by Crippen LogP contribution is -2.57. The van der Waals surface area contributed by atoms with Crippen molar-refractivity contribution >= 4 is 21.6 Å². The Morgan fingerprint density at radius 3 is 2.74 bits per heavy atom. The van der Waals surface area contributed by atoms with E-state index in [1.807, 2.05) is 6.92 Å². The van der Waals surface area contributed by atoms with Crippen LogP contribution in [0, 0.1) is 0 Å². The summed E-state index contributed by atoms with van der Waals surface area (Å²) in [4.78, 5) is 31.2. The summed E-state index contributed by atoms with van der Waals surface area (Å²) in [6.45, 7) is 6.38. The van der Waals surface area contributed by atoms with Crippen LogP contribution in [0.25, 0.3) is 0 Å². The molecule has 1 fully saturated rings. The van der Waals surface area contributed by atoms with Gasteiger partial charge in [-0.15, -0.1) is 0 Å². The highest BCUT2D eigenvalue weighted by Crippen LogP contribution is 2.21. The second-order valence-electron chi connectivity index (χ2n) is 7.93. The monoisotopic (exact) mass is 490 g/mol. The van der Waals surface area contributed by atoms with E-state index in [1.165, 1.54) is 6.33 Å². The Morgan fingerprint density at radius 2 is 2.06 bits per heavy atom. The van der Waals surface area contributed by atoms with Crippen LogP contribution in [-0.2, 0) is 31.9 Å². The van der Waals surface area contributed by atoms with Crippen molar-refractivity contribution in [3.63, 3.8) is 0 Å². The van der Waals surface area contributed by atoms with E-state index in [0.717, 1.165) is 17.2 Å². The molecule has 184 valence electrons. The number of carbonyl (C=O) groups is 1. The second kappa shape index (κ2) is 11.2. The van der Waals surface area contributed by atoms with Crippen LogP contribution in [0.1, 0.15) is 25.3 Å². The molecule has 34 heavy (non-hydrogen) atoms. The van der Waals surface area contributed by atoms with Gasteiger partial charge in [0.15, 0.2) is 6.23 Å². The summed E-state index contributed by atoms with van der Waals surface area (Å²) in [5.74, 6) is -0.382. The molecule has 1 saturated heterocycles. The quantitative estimate of drug-likeness (QED) is 0.437. The Balaban J connectivity index is 1.69. The molecule has 2 atom stereocenters. The number of anilines is 1. The average Bonchev–Trinajstić information content (AvgIpc) is 2.78. The highest BCUT2D eigenvalue weighted by atomic mass is 32.2. The summed E-state index contributed by atoms with van der Waals surface area (Å²) in [6.07, 6.45) is 3.30. The smallest absolute Gasteiger partial charge is 0.278 e. The molecule has 3 rings (SSSR count). The summed E-state index contributed by atoms with van der Waals surface area (Å²) in [5.41, 5.74) is 5.53. The third-order valence-corrected chi connectivity index (χ3v) is 6.54. The molecule has 2 unspecified atom stereocenters. The predicted octanol–water partition coefficient (Wildman–Crippen LogP) is 0.558. The van der Waals surface area contributed by atoms with Gasteiger partial charge < -0.3 is 20.7 Å². The van der Waals surface area contributed by atoms with Gasteiger partial charge in [-0.1, -0.05) is 36.9 Å². The zero-order chi connectivity index (χ0) is 24.7. The second-order valence-corrected chi connectivity index (χ2v) is 9.66. The molecule has 1 amide bonds. The molecule has 1 aliphatic heterocycles. The van der Waals surface area contributed by atoms with E-state index in [0.29, 0.717) is 31.0 Å². The average molecular weight is 491 g/mol. The molecular formula is C22H30N6O5S. The maximum absolute atomic E-state index is 12.8. The van der Waals surface area contributed by atoms with E-state index >= 15 is 0 Å². The van der Waals surface area contributed by atoms with Gasteiger partial charge >= 0.3 is 0 Å². The van der Waals surface area contributed by atoms with Crippen LogP contribution in [0.15, 0.2) is 60.1 Å². The predicted molar refractivity (Wildman–Crippen MR) is 128 cm³/mol. The van der Waals surface area contributed by atoms with Crippen LogP contribution in [0.3, 0.4) is 0 Å². The maximum atomic E-state index is 12.8. The van der Waals surface area contributed by atoms with Crippen molar-refractivity contribution in [3.8, 4) is 0 Å². The molecule has 0 saturated carbocycles. The van der Waals surface area contributed by atoms with Crippen molar-refractivity contribution in [2.75, 3.05) is 17.9 Å². The fraction of sp³-hybridized carbons (Fsp3) is 0.409. The number of ether oxygens (including phenoxy) is 1. The van der Waals surface area contributed by atoms with Crippen molar-refractivity contribution in [1.29, 1.82) is 0 Å². The van der Waals surface area contributed by atoms with E-state index < -0.39 is 27.7 Å². The SMILES string of the molecule is C=C(N)N1CCCC(NC(=O)Cn2cncc(NS(=O)(=O)Cc3ccccc3)c2=O)C1OCC. The number of hydrogen-bond acceptors (Lipinski definition) is 8. The van der Waals surface area contributed by atoms with Crippen LogP contribution >= 0.6 is 0 Å². The lowest BCUT2D eigenvalue weighted by atomic mass is 10.0. The normalized spacial score (nSPS) is 18.3. The highest BCUT2D eigenvalue weighted by Gasteiger charge is 2.33. The first-order valence-corrected chi connectivity index (χ1v) is 12.6. The molecule has 12 heteroatoms. The third-order valence-electron chi connectivity index (χ3n) is 5.30. The van der Waals surface area contributed by atoms with Crippen LogP contribution in [0.5, 0.6) is 0 Å². The van der Waals surface area contributed by atoms with E-state index in [9.17, 15) is 18.0 Å².